The Labute approximate surface area is 190 Å². The van der Waals surface area contributed by atoms with Crippen molar-refractivity contribution in [3.63, 3.8) is 0 Å². The second-order valence-electron chi connectivity index (χ2n) is 7.76. The van der Waals surface area contributed by atoms with Gasteiger partial charge in [0.25, 0.3) is 0 Å². The van der Waals surface area contributed by atoms with Crippen LogP contribution in [0.4, 0.5) is 0 Å². The van der Waals surface area contributed by atoms with Crippen molar-refractivity contribution in [2.45, 2.75) is 40.0 Å². The van der Waals surface area contributed by atoms with Crippen LogP contribution in [0, 0.1) is 18.3 Å². The molecule has 0 saturated heterocycles. The van der Waals surface area contributed by atoms with Gasteiger partial charge in [-0.15, -0.1) is 5.10 Å². The molecule has 2 heterocycles. The maximum atomic E-state index is 12.7. The van der Waals surface area contributed by atoms with Gasteiger partial charge < -0.3 is 4.84 Å². The van der Waals surface area contributed by atoms with Crippen LogP contribution in [0.2, 0.25) is 0 Å². The van der Waals surface area contributed by atoms with Gasteiger partial charge in [-0.25, -0.2) is 19.0 Å². The number of carbonyl (C=O) groups is 1. The van der Waals surface area contributed by atoms with Crippen LogP contribution in [0.5, 0.6) is 0 Å². The van der Waals surface area contributed by atoms with E-state index in [0.717, 1.165) is 40.8 Å². The van der Waals surface area contributed by atoms with Crippen LogP contribution in [-0.2, 0) is 17.6 Å². The first-order chi connectivity index (χ1) is 15.9. The Bertz CT molecular complexity index is 1440. The zero-order valence-corrected chi connectivity index (χ0v) is 18.7. The van der Waals surface area contributed by atoms with E-state index in [1.165, 1.54) is 11.3 Å². The molecule has 0 spiro atoms. The lowest BCUT2D eigenvalue weighted by Crippen LogP contribution is -2.30. The van der Waals surface area contributed by atoms with Crippen LogP contribution < -0.4 is 10.5 Å². The minimum atomic E-state index is -0.630. The van der Waals surface area contributed by atoms with E-state index in [9.17, 15) is 14.9 Å². The molecule has 4 rings (SSSR count). The molecule has 0 unspecified atom stereocenters. The van der Waals surface area contributed by atoms with Crippen molar-refractivity contribution >= 4 is 11.6 Å². The number of hydrogen-bond donors (Lipinski definition) is 0. The number of aryl methyl sites for hydroxylation is 2. The first-order valence-corrected chi connectivity index (χ1v) is 10.7. The summed E-state index contributed by atoms with van der Waals surface area (Å²) in [5, 5.41) is 13.7. The van der Waals surface area contributed by atoms with Crippen LogP contribution >= 0.6 is 0 Å². The molecule has 0 atom stereocenters. The molecule has 8 nitrogen and oxygen atoms in total. The fourth-order valence-electron chi connectivity index (χ4n) is 3.92. The van der Waals surface area contributed by atoms with Crippen LogP contribution in [0.3, 0.4) is 0 Å². The zero-order valence-electron chi connectivity index (χ0n) is 18.7. The second-order valence-corrected chi connectivity index (χ2v) is 7.76. The highest BCUT2D eigenvalue weighted by Gasteiger charge is 2.20. The van der Waals surface area contributed by atoms with Gasteiger partial charge in [-0.3, -0.25) is 0 Å². The number of carbonyl (C=O) groups excluding carboxylic acids is 1. The molecule has 166 valence electrons. The molecule has 33 heavy (non-hydrogen) atoms. The molecule has 0 amide bonds. The van der Waals surface area contributed by atoms with Crippen molar-refractivity contribution in [2.24, 2.45) is 0 Å². The number of rotatable bonds is 6. The molecule has 2 aromatic carbocycles. The normalized spacial score (nSPS) is 10.8. The predicted molar refractivity (Wildman–Crippen MR) is 123 cm³/mol. The van der Waals surface area contributed by atoms with E-state index < -0.39 is 11.7 Å². The third kappa shape index (κ3) is 4.26. The summed E-state index contributed by atoms with van der Waals surface area (Å²) in [6.45, 7) is 5.02. The number of nitrogens with zero attached hydrogens (tertiary/aromatic N) is 5. The highest BCUT2D eigenvalue weighted by atomic mass is 16.7. The quantitative estimate of drug-likeness (QED) is 0.455. The zero-order chi connectivity index (χ0) is 23.5. The lowest BCUT2D eigenvalue weighted by molar-refractivity contribution is -0.143. The van der Waals surface area contributed by atoms with Gasteiger partial charge in [-0.05, 0) is 40.9 Å². The Morgan fingerprint density at radius 2 is 1.88 bits per heavy atom. The fourth-order valence-corrected chi connectivity index (χ4v) is 3.92. The van der Waals surface area contributed by atoms with E-state index in [1.54, 1.807) is 13.0 Å². The van der Waals surface area contributed by atoms with E-state index in [4.69, 9.17) is 4.84 Å². The summed E-state index contributed by atoms with van der Waals surface area (Å²) in [7, 11) is 0. The second kappa shape index (κ2) is 9.09. The smallest absolute Gasteiger partial charge is 0.314 e. The lowest BCUT2D eigenvalue weighted by atomic mass is 9.97. The number of hydrogen-bond acceptors (Lipinski definition) is 6. The van der Waals surface area contributed by atoms with Gasteiger partial charge in [0.05, 0.1) is 11.6 Å². The van der Waals surface area contributed by atoms with E-state index >= 15 is 0 Å². The average molecular weight is 441 g/mol. The summed E-state index contributed by atoms with van der Waals surface area (Å²) in [5.41, 5.74) is 4.99. The third-order valence-electron chi connectivity index (χ3n) is 5.39. The molecule has 4 aromatic rings. The molecule has 0 saturated carbocycles. The van der Waals surface area contributed by atoms with Crippen molar-refractivity contribution in [1.82, 2.24) is 19.3 Å². The first-order valence-electron chi connectivity index (χ1n) is 10.7. The Kier molecular flexibility index (Phi) is 6.05. The Morgan fingerprint density at radius 1 is 1.15 bits per heavy atom. The van der Waals surface area contributed by atoms with Gasteiger partial charge in [-0.1, -0.05) is 55.8 Å². The van der Waals surface area contributed by atoms with Gasteiger partial charge in [0.2, 0.25) is 0 Å². The Morgan fingerprint density at radius 3 is 2.55 bits per heavy atom. The summed E-state index contributed by atoms with van der Waals surface area (Å²) in [6, 6.07) is 17.7. The molecule has 0 aliphatic carbocycles. The maximum absolute atomic E-state index is 12.7. The van der Waals surface area contributed by atoms with Crippen molar-refractivity contribution in [2.75, 3.05) is 0 Å². The number of nitriles is 1. The summed E-state index contributed by atoms with van der Waals surface area (Å²) < 4.78 is 1.37. The molecule has 0 aliphatic heterocycles. The van der Waals surface area contributed by atoms with Crippen molar-refractivity contribution < 1.29 is 9.63 Å². The molecule has 0 bridgehead atoms. The predicted octanol–water partition coefficient (Wildman–Crippen LogP) is 3.26. The summed E-state index contributed by atoms with van der Waals surface area (Å²) in [6.07, 6.45) is 2.12. The van der Waals surface area contributed by atoms with Gasteiger partial charge in [0.1, 0.15) is 5.82 Å². The molecule has 0 aliphatic rings. The summed E-state index contributed by atoms with van der Waals surface area (Å²) in [5.74, 6) is -0.140. The number of benzene rings is 2. The molecule has 0 radical (unpaired) electrons. The Balaban J connectivity index is 1.78. The Hall–Kier alpha value is -4.25. The highest BCUT2D eigenvalue weighted by molar-refractivity contribution is 5.70. The minimum absolute atomic E-state index is 0.427. The number of fused-ring (bicyclic) bond motifs is 1. The van der Waals surface area contributed by atoms with Crippen molar-refractivity contribution in [1.29, 1.82) is 5.26 Å². The van der Waals surface area contributed by atoms with Gasteiger partial charge in [0.15, 0.2) is 5.65 Å². The van der Waals surface area contributed by atoms with Gasteiger partial charge in [0, 0.05) is 24.6 Å². The monoisotopic (exact) mass is 441 g/mol. The maximum Gasteiger partial charge on any atom is 0.386 e. The molecular weight excluding hydrogens is 418 g/mol. The van der Waals surface area contributed by atoms with E-state index in [-0.39, 0.29) is 0 Å². The van der Waals surface area contributed by atoms with Crippen LogP contribution in [-0.4, -0.2) is 25.3 Å². The van der Waals surface area contributed by atoms with Gasteiger partial charge in [-0.2, -0.15) is 5.26 Å². The van der Waals surface area contributed by atoms with E-state index in [2.05, 4.69) is 23.1 Å². The topological polar surface area (TPSA) is 102 Å². The van der Waals surface area contributed by atoms with Gasteiger partial charge >= 0.3 is 11.7 Å². The molecule has 0 N–H and O–H groups in total. The molecule has 0 fully saturated rings. The first kappa shape index (κ1) is 22.0. The van der Waals surface area contributed by atoms with Crippen LogP contribution in [0.25, 0.3) is 16.8 Å². The average Bonchev–Trinajstić information content (AvgIpc) is 3.13. The highest BCUT2D eigenvalue weighted by Crippen LogP contribution is 2.25. The van der Waals surface area contributed by atoms with E-state index in [1.807, 2.05) is 42.5 Å². The van der Waals surface area contributed by atoms with Crippen LogP contribution in [0.15, 0.2) is 53.3 Å². The molecule has 2 aromatic heterocycles. The number of aromatic nitrogens is 4. The van der Waals surface area contributed by atoms with Crippen molar-refractivity contribution in [3.05, 3.63) is 87.2 Å². The fraction of sp³-hybridized carbons (Fsp3) is 0.240. The largest absolute Gasteiger partial charge is 0.386 e. The lowest BCUT2D eigenvalue weighted by Gasteiger charge is -2.12. The molecular formula is C25H23N5O3. The molecule has 8 heteroatoms. The van der Waals surface area contributed by atoms with E-state index in [0.29, 0.717) is 28.3 Å². The van der Waals surface area contributed by atoms with Crippen molar-refractivity contribution in [3.8, 4) is 17.2 Å². The SMILES string of the molecule is CCCc1nc(C)n2c(=O)n(OC(C)=O)nc2c1Cc1ccc(-c2ccccc2C#N)cc1. The minimum Gasteiger partial charge on any atom is -0.314 e. The standard InChI is InChI=1S/C25H23N5O3/c1-4-7-23-22(24-28-30(33-17(3)31)25(32)29(24)16(2)27-23)14-18-10-12-19(13-11-18)21-9-6-5-8-20(21)15-26/h5-6,8-13H,4,7,14H2,1-3H3. The summed E-state index contributed by atoms with van der Waals surface area (Å²) >= 11 is 0. The third-order valence-corrected chi connectivity index (χ3v) is 5.39. The summed E-state index contributed by atoms with van der Waals surface area (Å²) in [4.78, 5) is 34.5. The van der Waals surface area contributed by atoms with Crippen LogP contribution in [0.1, 0.15) is 48.5 Å².